The van der Waals surface area contributed by atoms with Crippen LogP contribution in [0.4, 0.5) is 0 Å². The third kappa shape index (κ3) is 7.11. The first-order valence-electron chi connectivity index (χ1n) is 7.46. The molecule has 0 atom stereocenters. The Hall–Kier alpha value is -1.31. The standard InChI is InChI=1S/C16H26N4O.HI/c1-4-6-10-20(3)16(18-5-2)19-12-13-8-7-9-14(11-13)15(17)21;/h7-9,11H,4-6,10,12H2,1-3H3,(H2,17,21)(H,18,19);1H. The minimum absolute atomic E-state index is 0. The summed E-state index contributed by atoms with van der Waals surface area (Å²) in [6.07, 6.45) is 2.29. The van der Waals surface area contributed by atoms with Crippen LogP contribution in [0, 0.1) is 0 Å². The molecule has 0 aliphatic rings. The zero-order chi connectivity index (χ0) is 15.7. The fourth-order valence-corrected chi connectivity index (χ4v) is 1.96. The Morgan fingerprint density at radius 2 is 2.09 bits per heavy atom. The molecule has 0 aliphatic carbocycles. The molecule has 1 amide bonds. The SMILES string of the molecule is CCCCN(C)C(=NCc1cccc(C(N)=O)c1)NCC.I. The van der Waals surface area contributed by atoms with Crippen LogP contribution in [0.15, 0.2) is 29.3 Å². The minimum atomic E-state index is -0.409. The van der Waals surface area contributed by atoms with Crippen molar-refractivity contribution in [3.63, 3.8) is 0 Å². The first-order valence-corrected chi connectivity index (χ1v) is 7.46. The average Bonchev–Trinajstić information content (AvgIpc) is 2.49. The number of carbonyl (C=O) groups is 1. The van der Waals surface area contributed by atoms with Crippen LogP contribution in [0.25, 0.3) is 0 Å². The van der Waals surface area contributed by atoms with Gasteiger partial charge in [0.1, 0.15) is 0 Å². The molecular weight excluding hydrogens is 391 g/mol. The Bertz CT molecular complexity index is 491. The number of rotatable bonds is 7. The van der Waals surface area contributed by atoms with Gasteiger partial charge < -0.3 is 16.0 Å². The molecule has 1 rings (SSSR count). The maximum Gasteiger partial charge on any atom is 0.248 e. The van der Waals surface area contributed by atoms with E-state index in [1.54, 1.807) is 12.1 Å². The number of unbranched alkanes of at least 4 members (excludes halogenated alkanes) is 1. The van der Waals surface area contributed by atoms with E-state index in [-0.39, 0.29) is 24.0 Å². The van der Waals surface area contributed by atoms with Gasteiger partial charge in [0.05, 0.1) is 6.54 Å². The van der Waals surface area contributed by atoms with Crippen molar-refractivity contribution in [2.45, 2.75) is 33.2 Å². The molecule has 0 aromatic heterocycles. The van der Waals surface area contributed by atoms with E-state index >= 15 is 0 Å². The van der Waals surface area contributed by atoms with Gasteiger partial charge in [0, 0.05) is 25.7 Å². The quantitative estimate of drug-likeness (QED) is 0.406. The zero-order valence-electron chi connectivity index (χ0n) is 13.6. The highest BCUT2D eigenvalue weighted by Crippen LogP contribution is 2.06. The molecule has 0 heterocycles. The van der Waals surface area contributed by atoms with Gasteiger partial charge in [0.15, 0.2) is 5.96 Å². The maximum atomic E-state index is 11.2. The second-order valence-electron chi connectivity index (χ2n) is 5.01. The van der Waals surface area contributed by atoms with Crippen molar-refractivity contribution in [2.24, 2.45) is 10.7 Å². The summed E-state index contributed by atoms with van der Waals surface area (Å²) in [4.78, 5) is 17.9. The molecule has 5 nitrogen and oxygen atoms in total. The number of primary amides is 1. The summed E-state index contributed by atoms with van der Waals surface area (Å²) in [5, 5.41) is 3.28. The highest BCUT2D eigenvalue weighted by Gasteiger charge is 2.05. The van der Waals surface area contributed by atoms with Crippen molar-refractivity contribution in [3.05, 3.63) is 35.4 Å². The molecule has 0 saturated carbocycles. The fraction of sp³-hybridized carbons (Fsp3) is 0.500. The second kappa shape index (κ2) is 11.3. The van der Waals surface area contributed by atoms with E-state index in [1.165, 1.54) is 0 Å². The second-order valence-corrected chi connectivity index (χ2v) is 5.01. The van der Waals surface area contributed by atoms with Crippen LogP contribution in [0.5, 0.6) is 0 Å². The molecule has 6 heteroatoms. The number of aliphatic imine (C=N–C) groups is 1. The number of nitrogens with two attached hydrogens (primary N) is 1. The van der Waals surface area contributed by atoms with E-state index < -0.39 is 5.91 Å². The van der Waals surface area contributed by atoms with Gasteiger partial charge in [-0.2, -0.15) is 0 Å². The average molecular weight is 418 g/mol. The van der Waals surface area contributed by atoms with Crippen LogP contribution in [-0.2, 0) is 6.54 Å². The lowest BCUT2D eigenvalue weighted by Gasteiger charge is -2.21. The topological polar surface area (TPSA) is 70.7 Å². The van der Waals surface area contributed by atoms with E-state index in [0.29, 0.717) is 12.1 Å². The van der Waals surface area contributed by atoms with Gasteiger partial charge in [0.2, 0.25) is 5.91 Å². The molecule has 0 unspecified atom stereocenters. The highest BCUT2D eigenvalue weighted by atomic mass is 127. The summed E-state index contributed by atoms with van der Waals surface area (Å²) >= 11 is 0. The van der Waals surface area contributed by atoms with Crippen LogP contribution >= 0.6 is 24.0 Å². The van der Waals surface area contributed by atoms with Crippen molar-refractivity contribution in [1.82, 2.24) is 10.2 Å². The molecule has 0 fully saturated rings. The molecule has 0 bridgehead atoms. The van der Waals surface area contributed by atoms with Crippen molar-refractivity contribution in [1.29, 1.82) is 0 Å². The molecule has 0 aliphatic heterocycles. The summed E-state index contributed by atoms with van der Waals surface area (Å²) in [6, 6.07) is 7.29. The van der Waals surface area contributed by atoms with Crippen LogP contribution in [-0.4, -0.2) is 36.9 Å². The Kier molecular flexibility index (Phi) is 10.6. The number of amides is 1. The lowest BCUT2D eigenvalue weighted by Crippen LogP contribution is -2.39. The Morgan fingerprint density at radius 3 is 2.68 bits per heavy atom. The summed E-state index contributed by atoms with van der Waals surface area (Å²) in [7, 11) is 2.04. The van der Waals surface area contributed by atoms with Gasteiger partial charge >= 0.3 is 0 Å². The van der Waals surface area contributed by atoms with E-state index in [9.17, 15) is 4.79 Å². The van der Waals surface area contributed by atoms with Crippen molar-refractivity contribution in [3.8, 4) is 0 Å². The molecule has 22 heavy (non-hydrogen) atoms. The third-order valence-corrected chi connectivity index (χ3v) is 3.17. The van der Waals surface area contributed by atoms with Gasteiger partial charge in [-0.1, -0.05) is 25.5 Å². The van der Waals surface area contributed by atoms with Crippen molar-refractivity contribution < 1.29 is 4.79 Å². The lowest BCUT2D eigenvalue weighted by molar-refractivity contribution is 0.1000. The normalized spacial score (nSPS) is 10.8. The van der Waals surface area contributed by atoms with E-state index in [0.717, 1.165) is 37.5 Å². The van der Waals surface area contributed by atoms with Crippen LogP contribution < -0.4 is 11.1 Å². The molecule has 124 valence electrons. The van der Waals surface area contributed by atoms with Crippen LogP contribution in [0.2, 0.25) is 0 Å². The minimum Gasteiger partial charge on any atom is -0.366 e. The van der Waals surface area contributed by atoms with Gasteiger partial charge in [-0.05, 0) is 31.0 Å². The maximum absolute atomic E-state index is 11.2. The molecule has 3 N–H and O–H groups in total. The molecule has 0 spiro atoms. The van der Waals surface area contributed by atoms with Gasteiger partial charge in [-0.3, -0.25) is 4.79 Å². The van der Waals surface area contributed by atoms with E-state index in [1.807, 2.05) is 19.2 Å². The molecule has 1 aromatic carbocycles. The van der Waals surface area contributed by atoms with Gasteiger partial charge in [-0.15, -0.1) is 24.0 Å². The summed E-state index contributed by atoms with van der Waals surface area (Å²) in [6.45, 7) is 6.56. The van der Waals surface area contributed by atoms with Crippen LogP contribution in [0.1, 0.15) is 42.6 Å². The Morgan fingerprint density at radius 1 is 1.36 bits per heavy atom. The number of hydrogen-bond donors (Lipinski definition) is 2. The number of carbonyl (C=O) groups excluding carboxylic acids is 1. The highest BCUT2D eigenvalue weighted by molar-refractivity contribution is 14.0. The summed E-state index contributed by atoms with van der Waals surface area (Å²) < 4.78 is 0. The monoisotopic (exact) mass is 418 g/mol. The molecular formula is C16H27IN4O. The van der Waals surface area contributed by atoms with E-state index in [4.69, 9.17) is 5.73 Å². The predicted octanol–water partition coefficient (Wildman–Crippen LogP) is 2.60. The first kappa shape index (κ1) is 20.7. The summed E-state index contributed by atoms with van der Waals surface area (Å²) in [5.74, 6) is 0.475. The van der Waals surface area contributed by atoms with Gasteiger partial charge in [-0.25, -0.2) is 4.99 Å². The van der Waals surface area contributed by atoms with Gasteiger partial charge in [0.25, 0.3) is 0 Å². The predicted molar refractivity (Wildman–Crippen MR) is 103 cm³/mol. The number of guanidine groups is 1. The zero-order valence-corrected chi connectivity index (χ0v) is 16.0. The number of nitrogens with one attached hydrogen (secondary N) is 1. The fourth-order valence-electron chi connectivity index (χ4n) is 1.96. The summed E-state index contributed by atoms with van der Waals surface area (Å²) in [5.41, 5.74) is 6.79. The largest absolute Gasteiger partial charge is 0.366 e. The number of halogens is 1. The van der Waals surface area contributed by atoms with Crippen molar-refractivity contribution in [2.75, 3.05) is 20.1 Å². The number of nitrogens with zero attached hydrogens (tertiary/aromatic N) is 2. The van der Waals surface area contributed by atoms with Crippen molar-refractivity contribution >= 4 is 35.8 Å². The first-order chi connectivity index (χ1) is 10.1. The van der Waals surface area contributed by atoms with E-state index in [2.05, 4.69) is 29.1 Å². The van der Waals surface area contributed by atoms with Crippen LogP contribution in [0.3, 0.4) is 0 Å². The molecule has 0 saturated heterocycles. The molecule has 0 radical (unpaired) electrons. The smallest absolute Gasteiger partial charge is 0.248 e. The number of hydrogen-bond acceptors (Lipinski definition) is 2. The third-order valence-electron chi connectivity index (χ3n) is 3.17. The Labute approximate surface area is 150 Å². The lowest BCUT2D eigenvalue weighted by atomic mass is 10.1. The Balaban J connectivity index is 0.00000441. The number of benzene rings is 1. The molecule has 1 aromatic rings.